The monoisotopic (exact) mass is 241 g/mol. The van der Waals surface area contributed by atoms with Crippen LogP contribution in [0.2, 0.25) is 0 Å². The molecule has 1 aromatic carbocycles. The van der Waals surface area contributed by atoms with Gasteiger partial charge >= 0.3 is 0 Å². The fraction of sp³-hybridized carbons (Fsp3) is 0.214. The summed E-state index contributed by atoms with van der Waals surface area (Å²) in [5, 5.41) is 3.26. The van der Waals surface area contributed by atoms with E-state index >= 15 is 0 Å². The molecule has 18 heavy (non-hydrogen) atoms. The molecule has 1 aliphatic rings. The van der Waals surface area contributed by atoms with Gasteiger partial charge in [0.05, 0.1) is 13.2 Å². The number of rotatable bonds is 2. The van der Waals surface area contributed by atoms with Gasteiger partial charge in [-0.3, -0.25) is 0 Å². The highest BCUT2D eigenvalue weighted by Crippen LogP contribution is 2.25. The number of hydrogen-bond acceptors (Lipinski definition) is 4. The summed E-state index contributed by atoms with van der Waals surface area (Å²) in [6.07, 6.45) is 1.77. The van der Waals surface area contributed by atoms with Gasteiger partial charge in [0.25, 0.3) is 0 Å². The van der Waals surface area contributed by atoms with Crippen LogP contribution in [0.3, 0.4) is 0 Å². The predicted octanol–water partition coefficient (Wildman–Crippen LogP) is 2.75. The molecule has 0 spiro atoms. The number of benzene rings is 1. The summed E-state index contributed by atoms with van der Waals surface area (Å²) in [4.78, 5) is 4.31. The molecule has 3 N–H and O–H groups in total. The van der Waals surface area contributed by atoms with Crippen LogP contribution in [0.1, 0.15) is 16.7 Å². The molecule has 1 aromatic heterocycles. The summed E-state index contributed by atoms with van der Waals surface area (Å²) in [6.45, 7) is 3.35. The van der Waals surface area contributed by atoms with Crippen LogP contribution in [0.15, 0.2) is 30.5 Å². The molecule has 0 saturated carbocycles. The van der Waals surface area contributed by atoms with Gasteiger partial charge in [0.1, 0.15) is 5.82 Å². The van der Waals surface area contributed by atoms with Crippen molar-refractivity contribution < 1.29 is 4.74 Å². The van der Waals surface area contributed by atoms with Crippen molar-refractivity contribution in [2.24, 2.45) is 0 Å². The topological polar surface area (TPSA) is 60.2 Å². The fourth-order valence-electron chi connectivity index (χ4n) is 2.01. The normalized spacial score (nSPS) is 13.4. The molecular formula is C14H15N3O. The van der Waals surface area contributed by atoms with Gasteiger partial charge in [-0.1, -0.05) is 6.07 Å². The Balaban J connectivity index is 1.85. The van der Waals surface area contributed by atoms with Crippen LogP contribution in [0.25, 0.3) is 0 Å². The Morgan fingerprint density at radius 3 is 2.89 bits per heavy atom. The molecular weight excluding hydrogens is 226 g/mol. The van der Waals surface area contributed by atoms with Gasteiger partial charge in [0.2, 0.25) is 0 Å². The number of hydrogen-bond donors (Lipinski definition) is 2. The molecule has 0 aliphatic carbocycles. The maximum Gasteiger partial charge on any atom is 0.132 e. The number of anilines is 3. The van der Waals surface area contributed by atoms with E-state index in [1.54, 1.807) is 6.20 Å². The minimum atomic E-state index is 0.689. The molecule has 0 bridgehead atoms. The Bertz CT molecular complexity index is 596. The number of fused-ring (bicyclic) bond motifs is 1. The second-order valence-corrected chi connectivity index (χ2v) is 4.53. The largest absolute Gasteiger partial charge is 0.398 e. The van der Waals surface area contributed by atoms with Crippen LogP contribution >= 0.6 is 0 Å². The van der Waals surface area contributed by atoms with E-state index in [1.807, 2.05) is 19.1 Å². The van der Waals surface area contributed by atoms with Crippen molar-refractivity contribution in [3.63, 3.8) is 0 Å². The number of nitrogens with one attached hydrogen (secondary N) is 1. The van der Waals surface area contributed by atoms with E-state index in [1.165, 1.54) is 11.1 Å². The molecule has 2 aromatic rings. The zero-order valence-corrected chi connectivity index (χ0v) is 10.2. The molecule has 0 atom stereocenters. The first-order chi connectivity index (χ1) is 8.72. The Morgan fingerprint density at radius 1 is 1.22 bits per heavy atom. The lowest BCUT2D eigenvalue weighted by molar-refractivity contribution is 0.134. The number of nitrogen functional groups attached to an aromatic ring is 1. The second kappa shape index (κ2) is 4.31. The average molecular weight is 241 g/mol. The minimum absolute atomic E-state index is 0.689. The van der Waals surface area contributed by atoms with Gasteiger partial charge < -0.3 is 15.8 Å². The van der Waals surface area contributed by atoms with Crippen molar-refractivity contribution in [3.05, 3.63) is 47.2 Å². The summed E-state index contributed by atoms with van der Waals surface area (Å²) >= 11 is 0. The quantitative estimate of drug-likeness (QED) is 0.848. The maximum atomic E-state index is 5.86. The van der Waals surface area contributed by atoms with E-state index in [-0.39, 0.29) is 0 Å². The van der Waals surface area contributed by atoms with Crippen molar-refractivity contribution in [1.82, 2.24) is 4.98 Å². The van der Waals surface area contributed by atoms with Gasteiger partial charge in [-0.15, -0.1) is 0 Å². The first kappa shape index (κ1) is 11.0. The standard InChI is InChI=1S/C14H15N3O/c1-9-6-16-14(5-13(9)15)17-12-3-2-10-7-18-8-11(10)4-12/h2-6H,7-8H2,1H3,(H3,15,16,17). The van der Waals surface area contributed by atoms with Crippen molar-refractivity contribution in [1.29, 1.82) is 0 Å². The summed E-state index contributed by atoms with van der Waals surface area (Å²) in [5.41, 5.74) is 11.1. The second-order valence-electron chi connectivity index (χ2n) is 4.53. The molecule has 1 aliphatic heterocycles. The molecule has 2 heterocycles. The SMILES string of the molecule is Cc1cnc(Nc2ccc3c(c2)COC3)cc1N. The van der Waals surface area contributed by atoms with Crippen LogP contribution < -0.4 is 11.1 Å². The molecule has 0 saturated heterocycles. The van der Waals surface area contributed by atoms with Gasteiger partial charge in [-0.25, -0.2) is 4.98 Å². The molecule has 0 fully saturated rings. The van der Waals surface area contributed by atoms with Crippen LogP contribution in [-0.4, -0.2) is 4.98 Å². The van der Waals surface area contributed by atoms with E-state index in [4.69, 9.17) is 10.5 Å². The Kier molecular flexibility index (Phi) is 2.64. The van der Waals surface area contributed by atoms with Crippen LogP contribution in [-0.2, 0) is 18.0 Å². The van der Waals surface area contributed by atoms with E-state index in [2.05, 4.69) is 22.4 Å². The number of nitrogens with zero attached hydrogens (tertiary/aromatic N) is 1. The van der Waals surface area contributed by atoms with Crippen molar-refractivity contribution in [2.45, 2.75) is 20.1 Å². The predicted molar refractivity (Wildman–Crippen MR) is 71.6 cm³/mol. The average Bonchev–Trinajstić information content (AvgIpc) is 2.81. The Labute approximate surface area is 106 Å². The molecule has 0 amide bonds. The highest BCUT2D eigenvalue weighted by molar-refractivity contribution is 5.62. The van der Waals surface area contributed by atoms with Crippen LogP contribution in [0, 0.1) is 6.92 Å². The zero-order valence-electron chi connectivity index (χ0n) is 10.2. The lowest BCUT2D eigenvalue weighted by Crippen LogP contribution is -1.98. The van der Waals surface area contributed by atoms with E-state index in [9.17, 15) is 0 Å². The number of aromatic nitrogens is 1. The summed E-state index contributed by atoms with van der Waals surface area (Å²) in [7, 11) is 0. The number of nitrogens with two attached hydrogens (primary N) is 1. The summed E-state index contributed by atoms with van der Waals surface area (Å²) in [6, 6.07) is 8.06. The van der Waals surface area contributed by atoms with E-state index in [0.717, 1.165) is 22.8 Å². The van der Waals surface area contributed by atoms with Crippen LogP contribution in [0.5, 0.6) is 0 Å². The smallest absolute Gasteiger partial charge is 0.132 e. The van der Waals surface area contributed by atoms with Crippen LogP contribution in [0.4, 0.5) is 17.2 Å². The highest BCUT2D eigenvalue weighted by atomic mass is 16.5. The Morgan fingerprint density at radius 2 is 2.06 bits per heavy atom. The molecule has 4 heteroatoms. The van der Waals surface area contributed by atoms with E-state index in [0.29, 0.717) is 13.2 Å². The van der Waals surface area contributed by atoms with E-state index < -0.39 is 0 Å². The number of aryl methyl sites for hydroxylation is 1. The third-order valence-electron chi connectivity index (χ3n) is 3.14. The third kappa shape index (κ3) is 2.02. The van der Waals surface area contributed by atoms with Gasteiger partial charge in [-0.2, -0.15) is 0 Å². The minimum Gasteiger partial charge on any atom is -0.398 e. The molecule has 3 rings (SSSR count). The third-order valence-corrected chi connectivity index (χ3v) is 3.14. The van der Waals surface area contributed by atoms with Crippen molar-refractivity contribution in [3.8, 4) is 0 Å². The van der Waals surface area contributed by atoms with Gasteiger partial charge in [-0.05, 0) is 35.7 Å². The van der Waals surface area contributed by atoms with Crippen molar-refractivity contribution in [2.75, 3.05) is 11.1 Å². The van der Waals surface area contributed by atoms with Gasteiger partial charge in [0, 0.05) is 23.6 Å². The zero-order chi connectivity index (χ0) is 12.5. The number of pyridine rings is 1. The summed E-state index contributed by atoms with van der Waals surface area (Å²) in [5.74, 6) is 0.761. The molecule has 4 nitrogen and oxygen atoms in total. The molecule has 0 radical (unpaired) electrons. The first-order valence-corrected chi connectivity index (χ1v) is 5.91. The molecule has 92 valence electrons. The van der Waals surface area contributed by atoms with Crippen molar-refractivity contribution >= 4 is 17.2 Å². The highest BCUT2D eigenvalue weighted by Gasteiger charge is 2.11. The lowest BCUT2D eigenvalue weighted by atomic mass is 10.1. The lowest BCUT2D eigenvalue weighted by Gasteiger charge is -2.08. The fourth-order valence-corrected chi connectivity index (χ4v) is 2.01. The molecule has 0 unspecified atom stereocenters. The first-order valence-electron chi connectivity index (χ1n) is 5.91. The number of ether oxygens (including phenoxy) is 1. The van der Waals surface area contributed by atoms with Gasteiger partial charge in [0.15, 0.2) is 0 Å². The maximum absolute atomic E-state index is 5.86. The summed E-state index contributed by atoms with van der Waals surface area (Å²) < 4.78 is 5.39. The Hall–Kier alpha value is -2.07.